The van der Waals surface area contributed by atoms with Crippen molar-refractivity contribution >= 4 is 33.5 Å². The van der Waals surface area contributed by atoms with Gasteiger partial charge in [0.2, 0.25) is 11.8 Å². The Hall–Kier alpha value is -4.47. The van der Waals surface area contributed by atoms with Crippen molar-refractivity contribution in [2.45, 2.75) is 33.9 Å². The van der Waals surface area contributed by atoms with Gasteiger partial charge in [0.1, 0.15) is 29.9 Å². The molecule has 3 heterocycles. The lowest BCUT2D eigenvalue weighted by molar-refractivity contribution is -0.116. The van der Waals surface area contributed by atoms with Crippen LogP contribution >= 0.6 is 0 Å². The van der Waals surface area contributed by atoms with Gasteiger partial charge in [0, 0.05) is 5.39 Å². The van der Waals surface area contributed by atoms with Gasteiger partial charge in [0.05, 0.1) is 24.1 Å². The predicted molar refractivity (Wildman–Crippen MR) is 131 cm³/mol. The van der Waals surface area contributed by atoms with E-state index in [1.165, 1.54) is 10.9 Å². The second-order valence-corrected chi connectivity index (χ2v) is 8.19. The molecule has 0 aliphatic heterocycles. The number of nitrogens with one attached hydrogen (secondary N) is 1. The van der Waals surface area contributed by atoms with E-state index in [2.05, 4.69) is 20.4 Å². The smallest absolute Gasteiger partial charge is 0.278 e. The quantitative estimate of drug-likeness (QED) is 0.386. The van der Waals surface area contributed by atoms with Crippen LogP contribution < -0.4 is 15.6 Å². The Morgan fingerprint density at radius 2 is 2.00 bits per heavy atom. The van der Waals surface area contributed by atoms with Crippen molar-refractivity contribution in [3.8, 4) is 5.75 Å². The molecule has 10 nitrogen and oxygen atoms in total. The second-order valence-electron chi connectivity index (χ2n) is 8.19. The summed E-state index contributed by atoms with van der Waals surface area (Å²) in [7, 11) is 0. The van der Waals surface area contributed by atoms with Crippen LogP contribution in [0.3, 0.4) is 0 Å². The molecule has 0 atom stereocenters. The summed E-state index contributed by atoms with van der Waals surface area (Å²) in [4.78, 5) is 35.4. The van der Waals surface area contributed by atoms with Gasteiger partial charge >= 0.3 is 0 Å². The Bertz CT molecular complexity index is 1610. The molecule has 0 saturated heterocycles. The van der Waals surface area contributed by atoms with Gasteiger partial charge in [-0.1, -0.05) is 28.9 Å². The number of carbonyl (C=O) groups is 1. The van der Waals surface area contributed by atoms with Crippen LogP contribution in [-0.2, 0) is 17.9 Å². The van der Waals surface area contributed by atoms with Crippen LogP contribution in [0, 0.1) is 13.8 Å². The average Bonchev–Trinajstić information content (AvgIpc) is 3.38. The molecule has 1 N–H and O–H groups in total. The molecule has 0 aliphatic carbocycles. The van der Waals surface area contributed by atoms with E-state index in [1.54, 1.807) is 23.6 Å². The lowest BCUT2D eigenvalue weighted by atomic mass is 10.1. The zero-order valence-corrected chi connectivity index (χ0v) is 19.6. The zero-order chi connectivity index (χ0) is 24.5. The monoisotopic (exact) mass is 472 g/mol. The summed E-state index contributed by atoms with van der Waals surface area (Å²) < 4.78 is 13.9. The molecule has 0 spiro atoms. The van der Waals surface area contributed by atoms with Crippen LogP contribution in [0.25, 0.3) is 21.9 Å². The second kappa shape index (κ2) is 9.05. The molecule has 0 saturated carbocycles. The van der Waals surface area contributed by atoms with Crippen molar-refractivity contribution in [2.75, 3.05) is 11.9 Å². The number of aryl methyl sites for hydroxylation is 2. The minimum Gasteiger partial charge on any atom is -0.492 e. The highest BCUT2D eigenvalue weighted by molar-refractivity contribution is 6.06. The third-order valence-corrected chi connectivity index (χ3v) is 5.62. The number of hydrogen-bond acceptors (Lipinski definition) is 7. The van der Waals surface area contributed by atoms with Crippen LogP contribution in [0.2, 0.25) is 0 Å². The van der Waals surface area contributed by atoms with Crippen molar-refractivity contribution in [1.29, 1.82) is 0 Å². The Morgan fingerprint density at radius 3 is 2.77 bits per heavy atom. The molecular formula is C25H24N6O4. The summed E-state index contributed by atoms with van der Waals surface area (Å²) >= 11 is 0. The van der Waals surface area contributed by atoms with Crippen molar-refractivity contribution in [2.24, 2.45) is 0 Å². The van der Waals surface area contributed by atoms with Crippen LogP contribution in [0.15, 0.2) is 58.1 Å². The van der Waals surface area contributed by atoms with Crippen molar-refractivity contribution in [3.63, 3.8) is 0 Å². The maximum Gasteiger partial charge on any atom is 0.278 e. The molecule has 35 heavy (non-hydrogen) atoms. The van der Waals surface area contributed by atoms with Gasteiger partial charge in [-0.3, -0.25) is 14.2 Å². The summed E-state index contributed by atoms with van der Waals surface area (Å²) in [6.45, 7) is 6.04. The standard InChI is InChI=1S/C25H24N6O4/c1-4-34-20-8-6-5-7-18(20)28-21(32)12-31-19-10-9-15(2)11-17(19)23-24(31)25(33)30(14-26-23)13-22-27-16(3)29-35-22/h5-11,14H,4,12-13H2,1-3H3,(H,28,32). The number of rotatable bonds is 7. The van der Waals surface area contributed by atoms with E-state index in [0.717, 1.165) is 16.5 Å². The fourth-order valence-corrected chi connectivity index (χ4v) is 4.13. The number of ether oxygens (including phenoxy) is 1. The lowest BCUT2D eigenvalue weighted by Gasteiger charge is -2.12. The first-order valence-electron chi connectivity index (χ1n) is 11.2. The minimum absolute atomic E-state index is 0.0792. The summed E-state index contributed by atoms with van der Waals surface area (Å²) in [5, 5.41) is 7.49. The highest BCUT2D eigenvalue weighted by Gasteiger charge is 2.20. The topological polar surface area (TPSA) is 117 Å². The third kappa shape index (κ3) is 4.25. The number of para-hydroxylation sites is 2. The van der Waals surface area contributed by atoms with Gasteiger partial charge in [-0.15, -0.1) is 0 Å². The van der Waals surface area contributed by atoms with Gasteiger partial charge in [-0.2, -0.15) is 4.98 Å². The fourth-order valence-electron chi connectivity index (χ4n) is 4.13. The molecule has 5 rings (SSSR count). The van der Waals surface area contributed by atoms with E-state index in [4.69, 9.17) is 9.26 Å². The summed E-state index contributed by atoms with van der Waals surface area (Å²) in [5.74, 6) is 1.07. The molecule has 0 aliphatic rings. The fraction of sp³-hybridized carbons (Fsp3) is 0.240. The number of anilines is 1. The molecule has 178 valence electrons. The number of amides is 1. The van der Waals surface area contributed by atoms with Crippen molar-refractivity contribution < 1.29 is 14.1 Å². The maximum atomic E-state index is 13.6. The number of carbonyl (C=O) groups excluding carboxylic acids is 1. The molecule has 0 fully saturated rings. The average molecular weight is 473 g/mol. The molecule has 10 heteroatoms. The van der Waals surface area contributed by atoms with Gasteiger partial charge < -0.3 is 19.1 Å². The number of benzene rings is 2. The lowest BCUT2D eigenvalue weighted by Crippen LogP contribution is -2.25. The SMILES string of the molecule is CCOc1ccccc1NC(=O)Cn1c2ccc(C)cc2c2ncn(Cc3nc(C)no3)c(=O)c21. The molecule has 2 aromatic carbocycles. The molecular weight excluding hydrogens is 448 g/mol. The van der Waals surface area contributed by atoms with Crippen LogP contribution in [0.4, 0.5) is 5.69 Å². The van der Waals surface area contributed by atoms with Crippen LogP contribution in [0.1, 0.15) is 24.2 Å². The van der Waals surface area contributed by atoms with Gasteiger partial charge in [0.15, 0.2) is 5.82 Å². The van der Waals surface area contributed by atoms with E-state index in [-0.39, 0.29) is 24.6 Å². The van der Waals surface area contributed by atoms with E-state index >= 15 is 0 Å². The Balaban J connectivity index is 1.58. The summed E-state index contributed by atoms with van der Waals surface area (Å²) in [6.07, 6.45) is 1.47. The van der Waals surface area contributed by atoms with Gasteiger partial charge in [0.25, 0.3) is 5.56 Å². The van der Waals surface area contributed by atoms with Crippen molar-refractivity contribution in [3.05, 3.63) is 76.4 Å². The van der Waals surface area contributed by atoms with E-state index in [0.29, 0.717) is 40.8 Å². The van der Waals surface area contributed by atoms with Gasteiger partial charge in [-0.25, -0.2) is 4.98 Å². The minimum atomic E-state index is -0.303. The zero-order valence-electron chi connectivity index (χ0n) is 19.6. The first kappa shape index (κ1) is 22.3. The van der Waals surface area contributed by atoms with Crippen molar-refractivity contribution in [1.82, 2.24) is 24.3 Å². The molecule has 5 aromatic rings. The highest BCUT2D eigenvalue weighted by Crippen LogP contribution is 2.27. The Kier molecular flexibility index (Phi) is 5.77. The largest absolute Gasteiger partial charge is 0.492 e. The number of fused-ring (bicyclic) bond motifs is 3. The molecule has 0 radical (unpaired) electrons. The predicted octanol–water partition coefficient (Wildman–Crippen LogP) is 3.44. The number of hydrogen-bond donors (Lipinski definition) is 1. The highest BCUT2D eigenvalue weighted by atomic mass is 16.5. The third-order valence-electron chi connectivity index (χ3n) is 5.62. The Morgan fingerprint density at radius 1 is 1.17 bits per heavy atom. The Labute approximate surface area is 200 Å². The molecule has 0 unspecified atom stereocenters. The molecule has 0 bridgehead atoms. The normalized spacial score (nSPS) is 11.3. The summed E-state index contributed by atoms with van der Waals surface area (Å²) in [5.41, 5.74) is 2.90. The first-order valence-corrected chi connectivity index (χ1v) is 11.2. The number of nitrogens with zero attached hydrogens (tertiary/aromatic N) is 5. The van der Waals surface area contributed by atoms with Gasteiger partial charge in [-0.05, 0) is 45.0 Å². The molecule has 1 amide bonds. The van der Waals surface area contributed by atoms with Crippen LogP contribution in [0.5, 0.6) is 5.75 Å². The summed E-state index contributed by atoms with van der Waals surface area (Å²) in [6, 6.07) is 13.1. The first-order chi connectivity index (χ1) is 16.9. The van der Waals surface area contributed by atoms with E-state index in [1.807, 2.05) is 44.2 Å². The molecule has 3 aromatic heterocycles. The van der Waals surface area contributed by atoms with Crippen LogP contribution in [-0.4, -0.2) is 36.8 Å². The van der Waals surface area contributed by atoms with E-state index < -0.39 is 0 Å². The van der Waals surface area contributed by atoms with E-state index in [9.17, 15) is 9.59 Å². The number of aromatic nitrogens is 5. The maximum absolute atomic E-state index is 13.6.